The second-order valence-corrected chi connectivity index (χ2v) is 8.80. The van der Waals surface area contributed by atoms with Gasteiger partial charge in [0.15, 0.2) is 0 Å². The molecule has 3 heterocycles. The fourth-order valence-electron chi connectivity index (χ4n) is 4.73. The SMILES string of the molecule is O=C(O)c1ccc2[nH]cc(CCCCN3CCN(c4ccc5oc(C(=O)O)cc5c4)CC3)c2c1. The number of anilines is 1. The van der Waals surface area contributed by atoms with Crippen molar-refractivity contribution in [2.75, 3.05) is 37.6 Å². The molecule has 0 saturated carbocycles. The number of carboxylic acids is 2. The molecule has 0 radical (unpaired) electrons. The van der Waals surface area contributed by atoms with E-state index in [2.05, 4.69) is 14.8 Å². The van der Waals surface area contributed by atoms with Crippen molar-refractivity contribution in [2.45, 2.75) is 19.3 Å². The molecule has 0 aliphatic carbocycles. The zero-order chi connectivity index (χ0) is 23.7. The molecule has 4 aromatic rings. The zero-order valence-corrected chi connectivity index (χ0v) is 18.8. The molecule has 0 spiro atoms. The van der Waals surface area contributed by atoms with Crippen LogP contribution >= 0.6 is 0 Å². The molecule has 1 saturated heterocycles. The molecule has 0 bridgehead atoms. The third-order valence-corrected chi connectivity index (χ3v) is 6.63. The molecule has 3 N–H and O–H groups in total. The average molecular weight is 462 g/mol. The van der Waals surface area contributed by atoms with Crippen LogP contribution in [0.15, 0.2) is 53.1 Å². The van der Waals surface area contributed by atoms with Gasteiger partial charge in [0, 0.05) is 54.4 Å². The third-order valence-electron chi connectivity index (χ3n) is 6.63. The maximum absolute atomic E-state index is 11.3. The molecule has 0 atom stereocenters. The number of piperazine rings is 1. The van der Waals surface area contributed by atoms with Crippen LogP contribution < -0.4 is 4.90 Å². The van der Waals surface area contributed by atoms with E-state index in [9.17, 15) is 14.7 Å². The zero-order valence-electron chi connectivity index (χ0n) is 18.8. The Morgan fingerprint density at radius 1 is 0.941 bits per heavy atom. The highest BCUT2D eigenvalue weighted by Crippen LogP contribution is 2.26. The Bertz CT molecular complexity index is 1350. The summed E-state index contributed by atoms with van der Waals surface area (Å²) in [6.07, 6.45) is 5.05. The predicted octanol–water partition coefficient (Wildman–Crippen LogP) is 4.46. The number of nitrogens with one attached hydrogen (secondary N) is 1. The van der Waals surface area contributed by atoms with E-state index in [4.69, 9.17) is 9.52 Å². The average Bonchev–Trinajstić information content (AvgIpc) is 3.45. The van der Waals surface area contributed by atoms with E-state index in [0.29, 0.717) is 11.1 Å². The van der Waals surface area contributed by atoms with Crippen LogP contribution in [0.2, 0.25) is 0 Å². The van der Waals surface area contributed by atoms with E-state index in [1.54, 1.807) is 18.2 Å². The van der Waals surface area contributed by atoms with Gasteiger partial charge in [0.1, 0.15) is 5.58 Å². The number of nitrogens with zero attached hydrogens (tertiary/aromatic N) is 2. The molecule has 8 heteroatoms. The van der Waals surface area contributed by atoms with E-state index >= 15 is 0 Å². The molecule has 5 rings (SSSR count). The molecule has 2 aromatic carbocycles. The van der Waals surface area contributed by atoms with Crippen molar-refractivity contribution in [1.82, 2.24) is 9.88 Å². The highest BCUT2D eigenvalue weighted by atomic mass is 16.4. The summed E-state index contributed by atoms with van der Waals surface area (Å²) >= 11 is 0. The summed E-state index contributed by atoms with van der Waals surface area (Å²) < 4.78 is 5.36. The van der Waals surface area contributed by atoms with Crippen LogP contribution in [-0.4, -0.2) is 64.8 Å². The molecule has 2 aromatic heterocycles. The monoisotopic (exact) mass is 461 g/mol. The Kier molecular flexibility index (Phi) is 5.98. The van der Waals surface area contributed by atoms with E-state index in [-0.39, 0.29) is 5.76 Å². The molecular weight excluding hydrogens is 434 g/mol. The number of H-pyrrole nitrogens is 1. The largest absolute Gasteiger partial charge is 0.478 e. The normalized spacial score (nSPS) is 14.8. The summed E-state index contributed by atoms with van der Waals surface area (Å²) in [5, 5.41) is 20.2. The number of hydrogen-bond donors (Lipinski definition) is 3. The molecule has 1 fully saturated rings. The predicted molar refractivity (Wildman–Crippen MR) is 130 cm³/mol. The molecule has 0 amide bonds. The quantitative estimate of drug-likeness (QED) is 0.332. The lowest BCUT2D eigenvalue weighted by atomic mass is 10.0. The molecule has 176 valence electrons. The minimum absolute atomic E-state index is 0.0352. The Morgan fingerprint density at radius 3 is 2.53 bits per heavy atom. The smallest absolute Gasteiger partial charge is 0.371 e. The molecule has 8 nitrogen and oxygen atoms in total. The van der Waals surface area contributed by atoms with Crippen LogP contribution in [0.1, 0.15) is 39.3 Å². The van der Waals surface area contributed by atoms with Crippen molar-refractivity contribution in [3.8, 4) is 0 Å². The van der Waals surface area contributed by atoms with E-state index < -0.39 is 11.9 Å². The van der Waals surface area contributed by atoms with Crippen LogP contribution in [0, 0.1) is 0 Å². The summed E-state index contributed by atoms with van der Waals surface area (Å²) in [7, 11) is 0. The number of fused-ring (bicyclic) bond motifs is 2. The second kappa shape index (κ2) is 9.23. The number of unbranched alkanes of at least 4 members (excludes halogenated alkanes) is 1. The van der Waals surface area contributed by atoms with Gasteiger partial charge in [-0.15, -0.1) is 0 Å². The first-order valence-corrected chi connectivity index (χ1v) is 11.6. The fourth-order valence-corrected chi connectivity index (χ4v) is 4.73. The molecule has 1 aliphatic rings. The summed E-state index contributed by atoms with van der Waals surface area (Å²) in [4.78, 5) is 30.4. The summed E-state index contributed by atoms with van der Waals surface area (Å²) in [6, 6.07) is 12.6. The number of aromatic carboxylic acids is 2. The van der Waals surface area contributed by atoms with Crippen molar-refractivity contribution in [1.29, 1.82) is 0 Å². The summed E-state index contributed by atoms with van der Waals surface area (Å²) in [5.41, 5.74) is 4.15. The lowest BCUT2D eigenvalue weighted by molar-refractivity contribution is 0.0662. The summed E-state index contributed by atoms with van der Waals surface area (Å²) in [5.74, 6) is -1.99. The number of carbonyl (C=O) groups is 2. The van der Waals surface area contributed by atoms with Crippen molar-refractivity contribution in [2.24, 2.45) is 0 Å². The van der Waals surface area contributed by atoms with E-state index in [0.717, 1.165) is 74.0 Å². The molecule has 34 heavy (non-hydrogen) atoms. The maximum atomic E-state index is 11.3. The topological polar surface area (TPSA) is 110 Å². The molecule has 1 aliphatic heterocycles. The van der Waals surface area contributed by atoms with Crippen molar-refractivity contribution < 1.29 is 24.2 Å². The van der Waals surface area contributed by atoms with Gasteiger partial charge in [-0.3, -0.25) is 4.90 Å². The number of hydrogen-bond acceptors (Lipinski definition) is 5. The first kappa shape index (κ1) is 22.0. The summed E-state index contributed by atoms with van der Waals surface area (Å²) in [6.45, 7) is 4.86. The minimum atomic E-state index is -1.05. The Balaban J connectivity index is 1.11. The van der Waals surface area contributed by atoms with E-state index in [1.165, 1.54) is 5.56 Å². The highest BCUT2D eigenvalue weighted by Gasteiger charge is 2.18. The van der Waals surface area contributed by atoms with Crippen LogP contribution in [0.4, 0.5) is 5.69 Å². The van der Waals surface area contributed by atoms with Crippen LogP contribution in [-0.2, 0) is 6.42 Å². The van der Waals surface area contributed by atoms with Crippen LogP contribution in [0.5, 0.6) is 0 Å². The van der Waals surface area contributed by atoms with Crippen LogP contribution in [0.3, 0.4) is 0 Å². The number of rotatable bonds is 8. The maximum Gasteiger partial charge on any atom is 0.371 e. The van der Waals surface area contributed by atoms with Gasteiger partial charge >= 0.3 is 11.9 Å². The first-order valence-electron chi connectivity index (χ1n) is 11.6. The Labute approximate surface area is 196 Å². The van der Waals surface area contributed by atoms with Gasteiger partial charge in [-0.2, -0.15) is 0 Å². The Morgan fingerprint density at radius 2 is 1.76 bits per heavy atom. The first-order chi connectivity index (χ1) is 16.5. The van der Waals surface area contributed by atoms with Crippen molar-refractivity contribution >= 4 is 39.5 Å². The van der Waals surface area contributed by atoms with Gasteiger partial charge in [0.25, 0.3) is 0 Å². The van der Waals surface area contributed by atoms with Gasteiger partial charge in [-0.25, -0.2) is 9.59 Å². The number of aromatic amines is 1. The number of aryl methyl sites for hydroxylation is 1. The van der Waals surface area contributed by atoms with Gasteiger partial charge in [-0.05, 0) is 73.8 Å². The fraction of sp³-hybridized carbons (Fsp3) is 0.308. The number of aromatic nitrogens is 1. The number of carboxylic acid groups (broad SMARTS) is 2. The van der Waals surface area contributed by atoms with Gasteiger partial charge in [-0.1, -0.05) is 0 Å². The standard InChI is InChI=1S/C26H27N3O5/c30-25(31)17-4-6-22-21(14-17)18(16-27-22)3-1-2-8-28-9-11-29(12-10-28)20-5-7-23-19(13-20)15-24(34-23)26(32)33/h4-7,13-16,27H,1-3,8-12H2,(H,30,31)(H,32,33). The number of furan rings is 1. The van der Waals surface area contributed by atoms with Gasteiger partial charge in [0.05, 0.1) is 5.56 Å². The highest BCUT2D eigenvalue weighted by molar-refractivity contribution is 5.95. The van der Waals surface area contributed by atoms with Crippen molar-refractivity contribution in [3.05, 3.63) is 65.5 Å². The van der Waals surface area contributed by atoms with Gasteiger partial charge in [0.2, 0.25) is 5.76 Å². The van der Waals surface area contributed by atoms with E-state index in [1.807, 2.05) is 30.5 Å². The molecule has 0 unspecified atom stereocenters. The third kappa shape index (κ3) is 4.49. The molecular formula is C26H27N3O5. The Hall–Kier alpha value is -3.78. The minimum Gasteiger partial charge on any atom is -0.478 e. The number of benzene rings is 2. The second-order valence-electron chi connectivity index (χ2n) is 8.80. The van der Waals surface area contributed by atoms with Gasteiger partial charge < -0.3 is 24.5 Å². The lowest BCUT2D eigenvalue weighted by Gasteiger charge is -2.36. The lowest BCUT2D eigenvalue weighted by Crippen LogP contribution is -2.46. The van der Waals surface area contributed by atoms with Crippen LogP contribution in [0.25, 0.3) is 21.9 Å². The van der Waals surface area contributed by atoms with Crippen molar-refractivity contribution in [3.63, 3.8) is 0 Å².